The minimum absolute atomic E-state index is 0.164. The molecule has 8 atom stereocenters. The molecule has 4 rings (SSSR count). The SMILES string of the molecule is CN1C2CCC1CC(OC(=O)C(CO)c1ccc(OC3OC(C(=O)O)C(O)C(O)C3O)cc1)C2. The number of hydrogen-bond donors (Lipinski definition) is 5. The van der Waals surface area contributed by atoms with Crippen molar-refractivity contribution in [3.63, 3.8) is 0 Å². The molecule has 34 heavy (non-hydrogen) atoms. The highest BCUT2D eigenvalue weighted by Gasteiger charge is 2.48. The van der Waals surface area contributed by atoms with Crippen LogP contribution in [0.2, 0.25) is 0 Å². The first-order valence-electron chi connectivity index (χ1n) is 11.4. The van der Waals surface area contributed by atoms with Crippen LogP contribution in [0.1, 0.15) is 37.2 Å². The van der Waals surface area contributed by atoms with E-state index in [4.69, 9.17) is 19.3 Å². The van der Waals surface area contributed by atoms with E-state index in [-0.39, 0.29) is 11.9 Å². The highest BCUT2D eigenvalue weighted by Crippen LogP contribution is 2.36. The molecule has 3 aliphatic heterocycles. The zero-order valence-corrected chi connectivity index (χ0v) is 18.8. The second-order valence-electron chi connectivity index (χ2n) is 9.24. The van der Waals surface area contributed by atoms with E-state index in [0.717, 1.165) is 25.7 Å². The fraction of sp³-hybridized carbons (Fsp3) is 0.652. The average Bonchev–Trinajstić information content (AvgIpc) is 3.01. The average molecular weight is 481 g/mol. The summed E-state index contributed by atoms with van der Waals surface area (Å²) in [7, 11) is 2.10. The highest BCUT2D eigenvalue weighted by atomic mass is 16.7. The summed E-state index contributed by atoms with van der Waals surface area (Å²) in [6.07, 6.45) is -4.99. The van der Waals surface area contributed by atoms with Gasteiger partial charge >= 0.3 is 11.9 Å². The van der Waals surface area contributed by atoms with Gasteiger partial charge < -0.3 is 44.6 Å². The first-order valence-corrected chi connectivity index (χ1v) is 11.4. The van der Waals surface area contributed by atoms with Crippen LogP contribution in [-0.4, -0.2) is 105 Å². The molecular weight excluding hydrogens is 450 g/mol. The maximum atomic E-state index is 12.8. The summed E-state index contributed by atoms with van der Waals surface area (Å²) >= 11 is 0. The largest absolute Gasteiger partial charge is 0.479 e. The smallest absolute Gasteiger partial charge is 0.335 e. The fourth-order valence-corrected chi connectivity index (χ4v) is 5.08. The Morgan fingerprint density at radius 2 is 1.68 bits per heavy atom. The van der Waals surface area contributed by atoms with Gasteiger partial charge in [-0.25, -0.2) is 4.79 Å². The zero-order chi connectivity index (χ0) is 24.6. The standard InChI is InChI=1S/C23H31NO10/c1-24-12-4-5-13(24)9-15(8-12)32-22(31)16(10-25)11-2-6-14(7-3-11)33-23-19(28)17(26)18(27)20(34-23)21(29)30/h2-3,6-7,12-13,15-20,23,25-28H,4-5,8-10H2,1H3,(H,29,30). The summed E-state index contributed by atoms with van der Waals surface area (Å²) < 4.78 is 16.3. The summed E-state index contributed by atoms with van der Waals surface area (Å²) in [6.45, 7) is -0.437. The number of aliphatic carboxylic acids is 1. The number of ether oxygens (including phenoxy) is 3. The third kappa shape index (κ3) is 4.90. The van der Waals surface area contributed by atoms with Crippen molar-refractivity contribution in [2.24, 2.45) is 0 Å². The maximum absolute atomic E-state index is 12.8. The maximum Gasteiger partial charge on any atom is 0.335 e. The lowest BCUT2D eigenvalue weighted by atomic mass is 9.98. The molecule has 3 fully saturated rings. The molecule has 0 aromatic heterocycles. The van der Waals surface area contributed by atoms with Crippen molar-refractivity contribution in [2.45, 2.75) is 80.5 Å². The number of piperidine rings is 1. The summed E-state index contributed by atoms with van der Waals surface area (Å²) in [5.74, 6) is -2.73. The Hall–Kier alpha value is -2.28. The molecule has 3 heterocycles. The minimum atomic E-state index is -1.81. The zero-order valence-electron chi connectivity index (χ0n) is 18.8. The van der Waals surface area contributed by atoms with E-state index >= 15 is 0 Å². The number of esters is 1. The third-order valence-corrected chi connectivity index (χ3v) is 7.15. The fourth-order valence-electron chi connectivity index (χ4n) is 5.08. The monoisotopic (exact) mass is 481 g/mol. The van der Waals surface area contributed by atoms with Gasteiger partial charge in [-0.15, -0.1) is 0 Å². The van der Waals surface area contributed by atoms with E-state index in [0.29, 0.717) is 17.6 Å². The minimum Gasteiger partial charge on any atom is -0.479 e. The molecule has 3 aliphatic rings. The molecule has 0 saturated carbocycles. The Bertz CT molecular complexity index is 865. The molecule has 11 heteroatoms. The molecule has 3 saturated heterocycles. The summed E-state index contributed by atoms with van der Waals surface area (Å²) in [6, 6.07) is 6.85. The van der Waals surface area contributed by atoms with Crippen molar-refractivity contribution in [3.8, 4) is 5.75 Å². The summed E-state index contributed by atoms with van der Waals surface area (Å²) in [5, 5.41) is 48.7. The van der Waals surface area contributed by atoms with Gasteiger partial charge in [-0.05, 0) is 50.4 Å². The van der Waals surface area contributed by atoms with E-state index in [1.807, 2.05) is 0 Å². The topological polar surface area (TPSA) is 166 Å². The van der Waals surface area contributed by atoms with Crippen molar-refractivity contribution in [1.29, 1.82) is 0 Å². The van der Waals surface area contributed by atoms with E-state index in [1.165, 1.54) is 12.1 Å². The second-order valence-corrected chi connectivity index (χ2v) is 9.24. The van der Waals surface area contributed by atoms with E-state index in [2.05, 4.69) is 11.9 Å². The normalized spacial score (nSPS) is 36.6. The number of hydrogen-bond acceptors (Lipinski definition) is 10. The highest BCUT2D eigenvalue weighted by molar-refractivity contribution is 5.78. The third-order valence-electron chi connectivity index (χ3n) is 7.15. The van der Waals surface area contributed by atoms with Gasteiger partial charge in [0.05, 0.1) is 6.61 Å². The van der Waals surface area contributed by atoms with Crippen molar-refractivity contribution >= 4 is 11.9 Å². The Morgan fingerprint density at radius 1 is 1.06 bits per heavy atom. The van der Waals surface area contributed by atoms with Crippen molar-refractivity contribution in [2.75, 3.05) is 13.7 Å². The number of rotatable bonds is 7. The molecule has 1 aromatic carbocycles. The van der Waals surface area contributed by atoms with Gasteiger partial charge in [0, 0.05) is 12.1 Å². The van der Waals surface area contributed by atoms with Gasteiger partial charge in [0.1, 0.15) is 36.1 Å². The quantitative estimate of drug-likeness (QED) is 0.310. The van der Waals surface area contributed by atoms with E-state index in [1.54, 1.807) is 12.1 Å². The lowest BCUT2D eigenvalue weighted by Gasteiger charge is -2.38. The number of benzene rings is 1. The van der Waals surface area contributed by atoms with Gasteiger partial charge in [-0.2, -0.15) is 0 Å². The van der Waals surface area contributed by atoms with Gasteiger partial charge in [0.15, 0.2) is 6.10 Å². The number of fused-ring (bicyclic) bond motifs is 2. The van der Waals surface area contributed by atoms with Crippen molar-refractivity contribution in [3.05, 3.63) is 29.8 Å². The van der Waals surface area contributed by atoms with Gasteiger partial charge in [0.2, 0.25) is 6.29 Å². The predicted octanol–water partition coefficient (Wildman–Crippen LogP) is -0.798. The molecule has 0 radical (unpaired) electrons. The Kier molecular flexibility index (Phi) is 7.41. The number of carboxylic acids is 1. The first-order chi connectivity index (χ1) is 16.2. The molecule has 5 N–H and O–H groups in total. The Morgan fingerprint density at radius 3 is 2.24 bits per heavy atom. The van der Waals surface area contributed by atoms with Crippen LogP contribution in [0.15, 0.2) is 24.3 Å². The van der Waals surface area contributed by atoms with Crippen LogP contribution in [0.3, 0.4) is 0 Å². The van der Waals surface area contributed by atoms with Crippen LogP contribution >= 0.6 is 0 Å². The predicted molar refractivity (Wildman–Crippen MR) is 115 cm³/mol. The number of nitrogens with zero attached hydrogens (tertiary/aromatic N) is 1. The molecule has 11 nitrogen and oxygen atoms in total. The van der Waals surface area contributed by atoms with Crippen LogP contribution in [-0.2, 0) is 19.1 Å². The van der Waals surface area contributed by atoms with E-state index in [9.17, 15) is 30.0 Å². The summed E-state index contributed by atoms with van der Waals surface area (Å²) in [4.78, 5) is 26.4. The summed E-state index contributed by atoms with van der Waals surface area (Å²) in [5.41, 5.74) is 0.500. The number of carbonyl (C=O) groups excluding carboxylic acids is 1. The van der Waals surface area contributed by atoms with Crippen LogP contribution in [0.4, 0.5) is 0 Å². The number of aliphatic hydroxyl groups excluding tert-OH is 4. The number of carboxylic acid groups (broad SMARTS) is 1. The van der Waals surface area contributed by atoms with Gasteiger partial charge in [0.25, 0.3) is 0 Å². The molecule has 0 aliphatic carbocycles. The number of aliphatic hydroxyl groups is 4. The lowest BCUT2D eigenvalue weighted by molar-refractivity contribution is -0.271. The Balaban J connectivity index is 1.38. The second kappa shape index (κ2) is 10.1. The van der Waals surface area contributed by atoms with Crippen molar-refractivity contribution < 1.29 is 49.3 Å². The van der Waals surface area contributed by atoms with E-state index < -0.39 is 55.2 Å². The van der Waals surface area contributed by atoms with Crippen molar-refractivity contribution in [1.82, 2.24) is 4.90 Å². The van der Waals surface area contributed by atoms with Crippen LogP contribution in [0.25, 0.3) is 0 Å². The molecule has 2 bridgehead atoms. The molecular formula is C23H31NO10. The molecule has 188 valence electrons. The Labute approximate surface area is 196 Å². The van der Waals surface area contributed by atoms with Gasteiger partial charge in [-0.1, -0.05) is 12.1 Å². The van der Waals surface area contributed by atoms with Crippen LogP contribution in [0.5, 0.6) is 5.75 Å². The van der Waals surface area contributed by atoms with Crippen LogP contribution < -0.4 is 4.74 Å². The number of carbonyl (C=O) groups is 2. The lowest BCUT2D eigenvalue weighted by Crippen LogP contribution is -2.61. The van der Waals surface area contributed by atoms with Gasteiger partial charge in [-0.3, -0.25) is 4.79 Å². The first kappa shape index (κ1) is 24.8. The van der Waals surface area contributed by atoms with Crippen LogP contribution in [0, 0.1) is 0 Å². The molecule has 8 unspecified atom stereocenters. The molecule has 1 aromatic rings. The molecule has 0 amide bonds. The molecule has 0 spiro atoms.